The lowest BCUT2D eigenvalue weighted by molar-refractivity contribution is 0.528. The third-order valence-electron chi connectivity index (χ3n) is 1.28. The van der Waals surface area contributed by atoms with Crippen LogP contribution in [0.15, 0.2) is 12.4 Å². The topological polar surface area (TPSA) is 41.6 Å². The molecule has 0 aliphatic carbocycles. The minimum atomic E-state index is -0.0223. The van der Waals surface area contributed by atoms with E-state index in [0.717, 1.165) is 0 Å². The molecular weight excluding hydrogens is 162 g/mol. The Kier molecular flexibility index (Phi) is 2.50. The first-order valence-corrected chi connectivity index (χ1v) is 3.67. The second-order valence-corrected chi connectivity index (χ2v) is 2.85. The number of aromatic nitrogens is 2. The second-order valence-electron chi connectivity index (χ2n) is 2.41. The van der Waals surface area contributed by atoms with Crippen LogP contribution in [0.4, 0.5) is 0 Å². The second kappa shape index (κ2) is 3.40. The van der Waals surface area contributed by atoms with Crippen LogP contribution in [0.2, 0.25) is 5.02 Å². The van der Waals surface area contributed by atoms with Crippen molar-refractivity contribution in [3.8, 4) is 6.07 Å². The summed E-state index contributed by atoms with van der Waals surface area (Å²) in [5.41, 5.74) is 0. The van der Waals surface area contributed by atoms with Gasteiger partial charge in [-0.2, -0.15) is 10.4 Å². The number of nitriles is 1. The molecular formula is C7H8ClN3. The van der Waals surface area contributed by atoms with Crippen molar-refractivity contribution in [1.82, 2.24) is 9.78 Å². The van der Waals surface area contributed by atoms with Crippen molar-refractivity contribution in [2.24, 2.45) is 5.92 Å². The third-order valence-corrected chi connectivity index (χ3v) is 1.48. The first-order valence-electron chi connectivity index (χ1n) is 3.30. The van der Waals surface area contributed by atoms with E-state index < -0.39 is 0 Å². The zero-order valence-corrected chi connectivity index (χ0v) is 6.91. The van der Waals surface area contributed by atoms with Crippen LogP contribution in [0.25, 0.3) is 0 Å². The van der Waals surface area contributed by atoms with Gasteiger partial charge in [0.05, 0.1) is 29.8 Å². The number of rotatable bonds is 2. The predicted octanol–water partition coefficient (Wildman–Crippen LogP) is 1.70. The molecule has 0 fully saturated rings. The van der Waals surface area contributed by atoms with E-state index in [-0.39, 0.29) is 5.92 Å². The molecule has 0 aliphatic rings. The molecule has 1 aromatic heterocycles. The molecule has 0 saturated heterocycles. The van der Waals surface area contributed by atoms with E-state index in [2.05, 4.69) is 11.2 Å². The molecule has 0 aliphatic heterocycles. The van der Waals surface area contributed by atoms with E-state index in [4.69, 9.17) is 16.9 Å². The fraction of sp³-hybridized carbons (Fsp3) is 0.429. The number of halogens is 1. The van der Waals surface area contributed by atoms with Gasteiger partial charge in [-0.15, -0.1) is 0 Å². The van der Waals surface area contributed by atoms with E-state index in [1.165, 1.54) is 0 Å². The first-order chi connectivity index (χ1) is 5.22. The van der Waals surface area contributed by atoms with Crippen molar-refractivity contribution in [3.05, 3.63) is 17.4 Å². The van der Waals surface area contributed by atoms with Gasteiger partial charge in [0.2, 0.25) is 0 Å². The van der Waals surface area contributed by atoms with Crippen molar-refractivity contribution in [2.75, 3.05) is 0 Å². The highest BCUT2D eigenvalue weighted by Gasteiger charge is 2.01. The zero-order valence-electron chi connectivity index (χ0n) is 6.16. The van der Waals surface area contributed by atoms with Gasteiger partial charge >= 0.3 is 0 Å². The van der Waals surface area contributed by atoms with Gasteiger partial charge in [-0.3, -0.25) is 4.68 Å². The van der Waals surface area contributed by atoms with Crippen molar-refractivity contribution in [2.45, 2.75) is 13.5 Å². The summed E-state index contributed by atoms with van der Waals surface area (Å²) in [6.45, 7) is 2.44. The highest BCUT2D eigenvalue weighted by Crippen LogP contribution is 2.06. The lowest BCUT2D eigenvalue weighted by Crippen LogP contribution is -2.05. The van der Waals surface area contributed by atoms with Crippen LogP contribution in [0.1, 0.15) is 6.92 Å². The molecule has 1 aromatic rings. The Hall–Kier alpha value is -1.01. The molecule has 0 N–H and O–H groups in total. The minimum Gasteiger partial charge on any atom is -0.270 e. The summed E-state index contributed by atoms with van der Waals surface area (Å²) in [5.74, 6) is -0.0223. The largest absolute Gasteiger partial charge is 0.270 e. The lowest BCUT2D eigenvalue weighted by atomic mass is 10.2. The average Bonchev–Trinajstić information content (AvgIpc) is 2.35. The van der Waals surface area contributed by atoms with Gasteiger partial charge in [-0.05, 0) is 6.92 Å². The fourth-order valence-electron chi connectivity index (χ4n) is 0.760. The molecule has 0 radical (unpaired) electrons. The number of hydrogen-bond donors (Lipinski definition) is 0. The predicted molar refractivity (Wildman–Crippen MR) is 42.0 cm³/mol. The SMILES string of the molecule is CC(C#N)Cn1cc(Cl)cn1. The van der Waals surface area contributed by atoms with Crippen molar-refractivity contribution in [3.63, 3.8) is 0 Å². The average molecular weight is 170 g/mol. The Labute approximate surface area is 70.2 Å². The Morgan fingerprint density at radius 2 is 2.64 bits per heavy atom. The zero-order chi connectivity index (χ0) is 8.27. The van der Waals surface area contributed by atoms with E-state index >= 15 is 0 Å². The summed E-state index contributed by atoms with van der Waals surface area (Å²) in [6, 6.07) is 2.12. The molecule has 1 unspecified atom stereocenters. The summed E-state index contributed by atoms with van der Waals surface area (Å²) in [4.78, 5) is 0. The summed E-state index contributed by atoms with van der Waals surface area (Å²) < 4.78 is 1.66. The van der Waals surface area contributed by atoms with Crippen LogP contribution in [-0.2, 0) is 6.54 Å². The van der Waals surface area contributed by atoms with Gasteiger partial charge in [0.1, 0.15) is 0 Å². The molecule has 1 atom stereocenters. The van der Waals surface area contributed by atoms with Gasteiger partial charge < -0.3 is 0 Å². The van der Waals surface area contributed by atoms with Crippen LogP contribution < -0.4 is 0 Å². The molecule has 0 bridgehead atoms. The van der Waals surface area contributed by atoms with Crippen LogP contribution in [0.5, 0.6) is 0 Å². The Morgan fingerprint density at radius 1 is 1.91 bits per heavy atom. The van der Waals surface area contributed by atoms with E-state index in [0.29, 0.717) is 11.6 Å². The molecule has 58 valence electrons. The lowest BCUT2D eigenvalue weighted by Gasteiger charge is -2.00. The van der Waals surface area contributed by atoms with Gasteiger partial charge in [-0.25, -0.2) is 0 Å². The summed E-state index contributed by atoms with van der Waals surface area (Å²) >= 11 is 5.62. The molecule has 3 nitrogen and oxygen atoms in total. The third kappa shape index (κ3) is 2.24. The maximum atomic E-state index is 8.48. The Morgan fingerprint density at radius 3 is 3.09 bits per heavy atom. The molecule has 0 saturated carbocycles. The summed E-state index contributed by atoms with van der Waals surface area (Å²) in [5, 5.41) is 13.0. The Balaban J connectivity index is 2.59. The standard InChI is InChI=1S/C7H8ClN3/c1-6(2-9)4-11-5-7(8)3-10-11/h3,5-6H,4H2,1H3. The summed E-state index contributed by atoms with van der Waals surface area (Å²) in [6.07, 6.45) is 3.26. The van der Waals surface area contributed by atoms with Crippen molar-refractivity contribution >= 4 is 11.6 Å². The van der Waals surface area contributed by atoms with Crippen LogP contribution in [-0.4, -0.2) is 9.78 Å². The smallest absolute Gasteiger partial charge is 0.0785 e. The minimum absolute atomic E-state index is 0.0223. The molecule has 0 amide bonds. The highest BCUT2D eigenvalue weighted by atomic mass is 35.5. The highest BCUT2D eigenvalue weighted by molar-refractivity contribution is 6.30. The first kappa shape index (κ1) is 8.09. The van der Waals surface area contributed by atoms with Crippen molar-refractivity contribution in [1.29, 1.82) is 5.26 Å². The van der Waals surface area contributed by atoms with Crippen molar-refractivity contribution < 1.29 is 0 Å². The van der Waals surface area contributed by atoms with Crippen LogP contribution in [0.3, 0.4) is 0 Å². The van der Waals surface area contributed by atoms with Crippen LogP contribution in [0, 0.1) is 17.2 Å². The van der Waals surface area contributed by atoms with Crippen LogP contribution >= 0.6 is 11.6 Å². The molecule has 0 spiro atoms. The molecule has 4 heteroatoms. The fourth-order valence-corrected chi connectivity index (χ4v) is 0.916. The maximum Gasteiger partial charge on any atom is 0.0785 e. The Bertz CT molecular complexity index is 273. The van der Waals surface area contributed by atoms with Gasteiger partial charge in [0, 0.05) is 6.20 Å². The monoisotopic (exact) mass is 169 g/mol. The van der Waals surface area contributed by atoms with E-state index in [1.54, 1.807) is 17.1 Å². The van der Waals surface area contributed by atoms with Gasteiger partial charge in [-0.1, -0.05) is 11.6 Å². The molecule has 11 heavy (non-hydrogen) atoms. The molecule has 1 heterocycles. The number of nitrogens with zero attached hydrogens (tertiary/aromatic N) is 3. The quantitative estimate of drug-likeness (QED) is 0.676. The van der Waals surface area contributed by atoms with Gasteiger partial charge in [0.15, 0.2) is 0 Å². The summed E-state index contributed by atoms with van der Waals surface area (Å²) in [7, 11) is 0. The normalized spacial score (nSPS) is 12.5. The number of hydrogen-bond acceptors (Lipinski definition) is 2. The van der Waals surface area contributed by atoms with E-state index in [9.17, 15) is 0 Å². The van der Waals surface area contributed by atoms with E-state index in [1.807, 2.05) is 6.92 Å². The molecule has 1 rings (SSSR count). The van der Waals surface area contributed by atoms with Gasteiger partial charge in [0.25, 0.3) is 0 Å². The molecule has 0 aromatic carbocycles. The maximum absolute atomic E-state index is 8.48.